The normalized spacial score (nSPS) is 10.6. The van der Waals surface area contributed by atoms with Gasteiger partial charge in [-0.15, -0.1) is 0 Å². The largest absolute Gasteiger partial charge is 0.497 e. The highest BCUT2D eigenvalue weighted by Gasteiger charge is 2.08. The number of hydrogen-bond acceptors (Lipinski definition) is 3. The van der Waals surface area contributed by atoms with E-state index in [0.29, 0.717) is 4.73 Å². The third-order valence-corrected chi connectivity index (χ3v) is 3.29. The Morgan fingerprint density at radius 1 is 0.947 bits per heavy atom. The van der Waals surface area contributed by atoms with Crippen LogP contribution in [0.1, 0.15) is 0 Å². The second-order valence-electron chi connectivity index (χ2n) is 4.09. The monoisotopic (exact) mass is 314 g/mol. The number of para-hydroxylation sites is 1. The lowest BCUT2D eigenvalue weighted by molar-refractivity contribution is 0.415. The summed E-state index contributed by atoms with van der Waals surface area (Å²) in [5.74, 6) is 0.834. The van der Waals surface area contributed by atoms with Crippen LogP contribution in [0.4, 0.5) is 0 Å². The summed E-state index contributed by atoms with van der Waals surface area (Å²) in [6, 6.07) is 15.8. The van der Waals surface area contributed by atoms with Gasteiger partial charge in [0.15, 0.2) is 4.73 Å². The number of fused-ring (bicyclic) bond motifs is 1. The summed E-state index contributed by atoms with van der Waals surface area (Å²) in [6.07, 6.45) is 0. The average Bonchev–Trinajstić information content (AvgIpc) is 2.46. The Morgan fingerprint density at radius 2 is 1.68 bits per heavy atom. The molecule has 3 rings (SSSR count). The van der Waals surface area contributed by atoms with Gasteiger partial charge in [-0.1, -0.05) is 18.2 Å². The summed E-state index contributed by atoms with van der Waals surface area (Å²) in [5, 5.41) is 1.04. The number of aromatic nitrogens is 2. The molecule has 0 fully saturated rings. The van der Waals surface area contributed by atoms with Crippen LogP contribution in [0.25, 0.3) is 22.2 Å². The van der Waals surface area contributed by atoms with Crippen molar-refractivity contribution in [3.8, 4) is 17.0 Å². The van der Waals surface area contributed by atoms with Gasteiger partial charge < -0.3 is 4.74 Å². The second kappa shape index (κ2) is 4.97. The fourth-order valence-corrected chi connectivity index (χ4v) is 2.39. The molecule has 0 aliphatic carbocycles. The van der Waals surface area contributed by atoms with Gasteiger partial charge in [0.05, 0.1) is 18.3 Å². The SMILES string of the molecule is COc1ccc(-c2nc(Br)nc3ccccc23)cc1. The maximum atomic E-state index is 5.17. The van der Waals surface area contributed by atoms with Gasteiger partial charge in [-0.05, 0) is 46.3 Å². The number of methoxy groups -OCH3 is 1. The van der Waals surface area contributed by atoms with E-state index in [9.17, 15) is 0 Å². The van der Waals surface area contributed by atoms with Gasteiger partial charge in [0, 0.05) is 10.9 Å². The van der Waals surface area contributed by atoms with Crippen molar-refractivity contribution in [1.82, 2.24) is 9.97 Å². The molecular formula is C15H11BrN2O. The highest BCUT2D eigenvalue weighted by molar-refractivity contribution is 9.10. The van der Waals surface area contributed by atoms with Crippen LogP contribution in [0, 0.1) is 0 Å². The van der Waals surface area contributed by atoms with Crippen LogP contribution < -0.4 is 4.74 Å². The van der Waals surface area contributed by atoms with Gasteiger partial charge in [0.1, 0.15) is 5.75 Å². The minimum absolute atomic E-state index is 0.594. The van der Waals surface area contributed by atoms with Gasteiger partial charge in [-0.25, -0.2) is 9.97 Å². The standard InChI is InChI=1S/C15H11BrN2O/c1-19-11-8-6-10(7-9-11)14-12-4-2-3-5-13(12)17-15(16)18-14/h2-9H,1H3. The van der Waals surface area contributed by atoms with Crippen molar-refractivity contribution in [2.75, 3.05) is 7.11 Å². The predicted molar refractivity (Wildman–Crippen MR) is 79.2 cm³/mol. The first kappa shape index (κ1) is 12.1. The molecule has 0 radical (unpaired) electrons. The number of nitrogens with zero attached hydrogens (tertiary/aromatic N) is 2. The third-order valence-electron chi connectivity index (χ3n) is 2.94. The van der Waals surface area contributed by atoms with Crippen LogP contribution in [0.15, 0.2) is 53.3 Å². The first-order valence-corrected chi connectivity index (χ1v) is 6.64. The molecule has 1 aromatic heterocycles. The number of hydrogen-bond donors (Lipinski definition) is 0. The Balaban J connectivity index is 2.22. The van der Waals surface area contributed by atoms with Crippen LogP contribution in [0.2, 0.25) is 0 Å². The summed E-state index contributed by atoms with van der Waals surface area (Å²) < 4.78 is 5.77. The molecule has 3 nitrogen and oxygen atoms in total. The molecule has 19 heavy (non-hydrogen) atoms. The molecule has 0 bridgehead atoms. The molecular weight excluding hydrogens is 304 g/mol. The maximum Gasteiger partial charge on any atom is 0.197 e. The Hall–Kier alpha value is -1.94. The molecule has 3 aromatic rings. The van der Waals surface area contributed by atoms with E-state index >= 15 is 0 Å². The fourth-order valence-electron chi connectivity index (χ4n) is 2.02. The third kappa shape index (κ3) is 2.31. The molecule has 0 saturated heterocycles. The van der Waals surface area contributed by atoms with E-state index in [2.05, 4.69) is 25.9 Å². The van der Waals surface area contributed by atoms with Crippen LogP contribution in [-0.2, 0) is 0 Å². The van der Waals surface area contributed by atoms with Crippen LogP contribution in [-0.4, -0.2) is 17.1 Å². The molecule has 4 heteroatoms. The highest BCUT2D eigenvalue weighted by Crippen LogP contribution is 2.28. The predicted octanol–water partition coefficient (Wildman–Crippen LogP) is 4.07. The number of halogens is 1. The van der Waals surface area contributed by atoms with Crippen LogP contribution in [0.3, 0.4) is 0 Å². The van der Waals surface area contributed by atoms with E-state index in [1.807, 2.05) is 48.5 Å². The molecule has 0 unspecified atom stereocenters. The van der Waals surface area contributed by atoms with Crippen molar-refractivity contribution < 1.29 is 4.74 Å². The summed E-state index contributed by atoms with van der Waals surface area (Å²) in [6.45, 7) is 0. The lowest BCUT2D eigenvalue weighted by Crippen LogP contribution is -1.91. The zero-order chi connectivity index (χ0) is 13.2. The van der Waals surface area contributed by atoms with Crippen molar-refractivity contribution in [3.63, 3.8) is 0 Å². The van der Waals surface area contributed by atoms with Gasteiger partial charge in [-0.2, -0.15) is 0 Å². The van der Waals surface area contributed by atoms with E-state index in [-0.39, 0.29) is 0 Å². The lowest BCUT2D eigenvalue weighted by atomic mass is 10.1. The molecule has 0 spiro atoms. The Morgan fingerprint density at radius 3 is 2.42 bits per heavy atom. The molecule has 2 aromatic carbocycles. The number of rotatable bonds is 2. The fraction of sp³-hybridized carbons (Fsp3) is 0.0667. The molecule has 0 atom stereocenters. The molecule has 0 amide bonds. The zero-order valence-corrected chi connectivity index (χ0v) is 11.9. The smallest absolute Gasteiger partial charge is 0.197 e. The number of ether oxygens (including phenoxy) is 1. The van der Waals surface area contributed by atoms with Crippen molar-refractivity contribution in [1.29, 1.82) is 0 Å². The Kier molecular flexibility index (Phi) is 3.17. The highest BCUT2D eigenvalue weighted by atomic mass is 79.9. The van der Waals surface area contributed by atoms with Crippen molar-refractivity contribution in [3.05, 3.63) is 53.3 Å². The maximum absolute atomic E-state index is 5.17. The summed E-state index contributed by atoms with van der Waals surface area (Å²) in [5.41, 5.74) is 2.88. The average molecular weight is 315 g/mol. The molecule has 0 aliphatic rings. The van der Waals surface area contributed by atoms with Crippen molar-refractivity contribution in [2.45, 2.75) is 0 Å². The summed E-state index contributed by atoms with van der Waals surface area (Å²) in [7, 11) is 1.66. The second-order valence-corrected chi connectivity index (χ2v) is 4.80. The molecule has 0 aliphatic heterocycles. The molecule has 0 N–H and O–H groups in total. The van der Waals surface area contributed by atoms with E-state index in [0.717, 1.165) is 27.9 Å². The van der Waals surface area contributed by atoms with Gasteiger partial charge >= 0.3 is 0 Å². The minimum Gasteiger partial charge on any atom is -0.497 e. The van der Waals surface area contributed by atoms with Crippen LogP contribution in [0.5, 0.6) is 5.75 Å². The van der Waals surface area contributed by atoms with E-state index in [1.54, 1.807) is 7.11 Å². The Labute approximate surface area is 119 Å². The minimum atomic E-state index is 0.594. The first-order chi connectivity index (χ1) is 9.28. The Bertz CT molecular complexity index is 726. The molecule has 0 saturated carbocycles. The van der Waals surface area contributed by atoms with Gasteiger partial charge in [0.2, 0.25) is 0 Å². The lowest BCUT2D eigenvalue weighted by Gasteiger charge is -2.07. The van der Waals surface area contributed by atoms with Crippen molar-refractivity contribution >= 4 is 26.8 Å². The first-order valence-electron chi connectivity index (χ1n) is 5.84. The van der Waals surface area contributed by atoms with E-state index < -0.39 is 0 Å². The summed E-state index contributed by atoms with van der Waals surface area (Å²) >= 11 is 3.36. The zero-order valence-electron chi connectivity index (χ0n) is 10.3. The quantitative estimate of drug-likeness (QED) is 0.669. The van der Waals surface area contributed by atoms with E-state index in [4.69, 9.17) is 4.74 Å². The summed E-state index contributed by atoms with van der Waals surface area (Å²) in [4.78, 5) is 8.87. The van der Waals surface area contributed by atoms with Crippen molar-refractivity contribution in [2.24, 2.45) is 0 Å². The molecule has 94 valence electrons. The topological polar surface area (TPSA) is 35.0 Å². The van der Waals surface area contributed by atoms with Crippen LogP contribution >= 0.6 is 15.9 Å². The van der Waals surface area contributed by atoms with Gasteiger partial charge in [0.25, 0.3) is 0 Å². The van der Waals surface area contributed by atoms with Gasteiger partial charge in [-0.3, -0.25) is 0 Å². The van der Waals surface area contributed by atoms with E-state index in [1.165, 1.54) is 0 Å². The number of benzene rings is 2. The molecule has 1 heterocycles.